The molecule has 0 atom stereocenters. The summed E-state index contributed by atoms with van der Waals surface area (Å²) in [5.74, 6) is -0.507. The molecule has 0 spiro atoms. The standard InChI is InChI=1S/C24H23F3N4O4/c1-3-30(14-21(32)29-16-6-9-19-20(12-16)35-11-10-34-19)23(33)18-13-28-31(22(18)24(25,26)27)17-7-4-15(2)5-8-17/h4-9,12-13H,3,10-11,14H2,1-2H3,(H,29,32). The highest BCUT2D eigenvalue weighted by Crippen LogP contribution is 2.35. The van der Waals surface area contributed by atoms with Gasteiger partial charge in [-0.25, -0.2) is 4.68 Å². The number of fused-ring (bicyclic) bond motifs is 1. The molecule has 2 heterocycles. The van der Waals surface area contributed by atoms with E-state index in [1.165, 1.54) is 12.1 Å². The molecule has 0 aliphatic carbocycles. The van der Waals surface area contributed by atoms with Gasteiger partial charge in [-0.2, -0.15) is 18.3 Å². The first-order chi connectivity index (χ1) is 16.7. The van der Waals surface area contributed by atoms with Crippen LogP contribution < -0.4 is 14.8 Å². The molecule has 1 aromatic heterocycles. The maximum absolute atomic E-state index is 14.0. The molecule has 3 aromatic rings. The molecule has 8 nitrogen and oxygen atoms in total. The number of hydrogen-bond donors (Lipinski definition) is 1. The van der Waals surface area contributed by atoms with Crippen LogP contribution in [-0.2, 0) is 11.0 Å². The molecule has 0 fully saturated rings. The molecule has 1 aliphatic heterocycles. The van der Waals surface area contributed by atoms with Crippen LogP contribution in [0.1, 0.15) is 28.5 Å². The van der Waals surface area contributed by atoms with Gasteiger partial charge in [-0.15, -0.1) is 0 Å². The summed E-state index contributed by atoms with van der Waals surface area (Å²) >= 11 is 0. The molecule has 2 aromatic carbocycles. The number of likely N-dealkylation sites (N-methyl/N-ethyl adjacent to an activating group) is 1. The molecule has 0 unspecified atom stereocenters. The molecule has 35 heavy (non-hydrogen) atoms. The molecule has 0 saturated heterocycles. The van der Waals surface area contributed by atoms with Gasteiger partial charge in [0.25, 0.3) is 5.91 Å². The largest absolute Gasteiger partial charge is 0.486 e. The van der Waals surface area contributed by atoms with E-state index in [0.717, 1.165) is 16.7 Å². The van der Waals surface area contributed by atoms with E-state index in [2.05, 4.69) is 10.4 Å². The van der Waals surface area contributed by atoms with Crippen LogP contribution in [0, 0.1) is 6.92 Å². The second-order valence-electron chi connectivity index (χ2n) is 7.88. The molecule has 0 saturated carbocycles. The Morgan fingerprint density at radius 3 is 2.43 bits per heavy atom. The third-order valence-corrected chi connectivity index (χ3v) is 5.38. The zero-order valence-electron chi connectivity index (χ0n) is 19.1. The van der Waals surface area contributed by atoms with Crippen LogP contribution in [-0.4, -0.2) is 52.8 Å². The monoisotopic (exact) mass is 488 g/mol. The lowest BCUT2D eigenvalue weighted by Crippen LogP contribution is -2.38. The zero-order chi connectivity index (χ0) is 25.2. The number of nitrogens with one attached hydrogen (secondary N) is 1. The van der Waals surface area contributed by atoms with Crippen molar-refractivity contribution in [1.29, 1.82) is 0 Å². The predicted molar refractivity (Wildman–Crippen MR) is 121 cm³/mol. The Hall–Kier alpha value is -4.02. The third kappa shape index (κ3) is 5.23. The summed E-state index contributed by atoms with van der Waals surface area (Å²) in [7, 11) is 0. The Morgan fingerprint density at radius 2 is 1.77 bits per heavy atom. The highest BCUT2D eigenvalue weighted by atomic mass is 19.4. The Labute approximate surface area is 199 Å². The van der Waals surface area contributed by atoms with Crippen molar-refractivity contribution >= 4 is 17.5 Å². The number of alkyl halides is 3. The molecule has 0 bridgehead atoms. The lowest BCUT2D eigenvalue weighted by molar-refractivity contribution is -0.143. The van der Waals surface area contributed by atoms with E-state index in [9.17, 15) is 22.8 Å². The van der Waals surface area contributed by atoms with E-state index in [1.54, 1.807) is 37.3 Å². The quantitative estimate of drug-likeness (QED) is 0.566. The van der Waals surface area contributed by atoms with E-state index in [-0.39, 0.29) is 12.2 Å². The van der Waals surface area contributed by atoms with Crippen molar-refractivity contribution in [3.8, 4) is 17.2 Å². The van der Waals surface area contributed by atoms with Crippen LogP contribution in [0.15, 0.2) is 48.7 Å². The Morgan fingerprint density at radius 1 is 1.09 bits per heavy atom. The maximum Gasteiger partial charge on any atom is 0.434 e. The van der Waals surface area contributed by atoms with Crippen LogP contribution >= 0.6 is 0 Å². The van der Waals surface area contributed by atoms with Gasteiger partial charge in [0.1, 0.15) is 19.8 Å². The number of amides is 2. The fourth-order valence-electron chi connectivity index (χ4n) is 3.65. The van der Waals surface area contributed by atoms with Gasteiger partial charge in [0.05, 0.1) is 17.4 Å². The first-order valence-electron chi connectivity index (χ1n) is 10.9. The van der Waals surface area contributed by atoms with Crippen molar-refractivity contribution in [2.75, 3.05) is 31.6 Å². The van der Waals surface area contributed by atoms with Crippen LogP contribution in [0.3, 0.4) is 0 Å². The zero-order valence-corrected chi connectivity index (χ0v) is 19.1. The van der Waals surface area contributed by atoms with Crippen molar-refractivity contribution in [3.05, 3.63) is 65.5 Å². The van der Waals surface area contributed by atoms with Gasteiger partial charge in [-0.1, -0.05) is 17.7 Å². The summed E-state index contributed by atoms with van der Waals surface area (Å²) in [6.45, 7) is 3.75. The Kier molecular flexibility index (Phi) is 6.68. The fraction of sp³-hybridized carbons (Fsp3) is 0.292. The molecule has 4 rings (SSSR count). The first-order valence-corrected chi connectivity index (χ1v) is 10.9. The third-order valence-electron chi connectivity index (χ3n) is 5.38. The molecular formula is C24H23F3N4O4. The minimum Gasteiger partial charge on any atom is -0.486 e. The fourth-order valence-corrected chi connectivity index (χ4v) is 3.65. The van der Waals surface area contributed by atoms with Crippen molar-refractivity contribution in [2.24, 2.45) is 0 Å². The predicted octanol–water partition coefficient (Wildman–Crippen LogP) is 4.07. The molecule has 1 aliphatic rings. The molecule has 2 amide bonds. The molecule has 11 heteroatoms. The summed E-state index contributed by atoms with van der Waals surface area (Å²) in [5.41, 5.74) is -0.386. The summed E-state index contributed by atoms with van der Waals surface area (Å²) in [6.07, 6.45) is -3.97. The highest BCUT2D eigenvalue weighted by molar-refractivity contribution is 6.00. The van der Waals surface area contributed by atoms with Gasteiger partial charge >= 0.3 is 6.18 Å². The summed E-state index contributed by atoms with van der Waals surface area (Å²) in [6, 6.07) is 11.1. The summed E-state index contributed by atoms with van der Waals surface area (Å²) in [4.78, 5) is 26.7. The SMILES string of the molecule is CCN(CC(=O)Nc1ccc2c(c1)OCCO2)C(=O)c1cnn(-c2ccc(C)cc2)c1C(F)(F)F. The van der Waals surface area contributed by atoms with E-state index in [4.69, 9.17) is 9.47 Å². The van der Waals surface area contributed by atoms with Gasteiger partial charge in [-0.05, 0) is 38.1 Å². The van der Waals surface area contributed by atoms with Crippen molar-refractivity contribution < 1.29 is 32.2 Å². The molecular weight excluding hydrogens is 465 g/mol. The number of aryl methyl sites for hydroxylation is 1. The van der Waals surface area contributed by atoms with Crippen molar-refractivity contribution in [1.82, 2.24) is 14.7 Å². The van der Waals surface area contributed by atoms with Gasteiger partial charge in [0.15, 0.2) is 17.2 Å². The van der Waals surface area contributed by atoms with E-state index < -0.39 is 35.8 Å². The van der Waals surface area contributed by atoms with Gasteiger partial charge in [0.2, 0.25) is 5.91 Å². The minimum atomic E-state index is -4.85. The Balaban J connectivity index is 1.54. The van der Waals surface area contributed by atoms with E-state index >= 15 is 0 Å². The number of anilines is 1. The number of carbonyl (C=O) groups is 2. The average molecular weight is 488 g/mol. The Bertz CT molecular complexity index is 1240. The first kappa shape index (κ1) is 24.1. The number of nitrogens with zero attached hydrogens (tertiary/aromatic N) is 3. The number of ether oxygens (including phenoxy) is 2. The van der Waals surface area contributed by atoms with Crippen molar-refractivity contribution in [3.63, 3.8) is 0 Å². The number of benzene rings is 2. The molecule has 1 N–H and O–H groups in total. The molecule has 0 radical (unpaired) electrons. The maximum atomic E-state index is 14.0. The van der Waals surface area contributed by atoms with Gasteiger partial charge < -0.3 is 19.7 Å². The van der Waals surface area contributed by atoms with E-state index in [0.29, 0.717) is 35.1 Å². The second kappa shape index (κ2) is 9.69. The molecule has 184 valence electrons. The van der Waals surface area contributed by atoms with Crippen LogP contribution in [0.25, 0.3) is 5.69 Å². The minimum absolute atomic E-state index is 0.0143. The number of halogens is 3. The van der Waals surface area contributed by atoms with Crippen LogP contribution in [0.2, 0.25) is 0 Å². The summed E-state index contributed by atoms with van der Waals surface area (Å²) < 4.78 is 53.6. The lowest BCUT2D eigenvalue weighted by atomic mass is 10.2. The number of aromatic nitrogens is 2. The van der Waals surface area contributed by atoms with Crippen LogP contribution in [0.5, 0.6) is 11.5 Å². The second-order valence-corrected chi connectivity index (χ2v) is 7.88. The topological polar surface area (TPSA) is 85.7 Å². The lowest BCUT2D eigenvalue weighted by Gasteiger charge is -2.22. The number of hydrogen-bond acceptors (Lipinski definition) is 5. The van der Waals surface area contributed by atoms with E-state index in [1.807, 2.05) is 6.92 Å². The highest BCUT2D eigenvalue weighted by Gasteiger charge is 2.41. The smallest absolute Gasteiger partial charge is 0.434 e. The van der Waals surface area contributed by atoms with Crippen LogP contribution in [0.4, 0.5) is 18.9 Å². The summed E-state index contributed by atoms with van der Waals surface area (Å²) in [5, 5.41) is 6.46. The normalized spacial score (nSPS) is 12.8. The average Bonchev–Trinajstić information content (AvgIpc) is 3.28. The number of rotatable bonds is 6. The van der Waals surface area contributed by atoms with Gasteiger partial charge in [0, 0.05) is 18.3 Å². The number of carbonyl (C=O) groups excluding carboxylic acids is 2. The van der Waals surface area contributed by atoms with Crippen molar-refractivity contribution in [2.45, 2.75) is 20.0 Å². The van der Waals surface area contributed by atoms with Gasteiger partial charge in [-0.3, -0.25) is 9.59 Å².